The van der Waals surface area contributed by atoms with Crippen molar-refractivity contribution in [1.29, 1.82) is 0 Å². The Hall–Kier alpha value is -8.25. The predicted molar refractivity (Wildman–Crippen MR) is 528 cm³/mol. The monoisotopic (exact) mass is 2040 g/mol. The summed E-state index contributed by atoms with van der Waals surface area (Å²) in [6.07, 6.45) is 29.0. The molecule has 1 aromatic rings. The molecule has 7 amide bonds. The van der Waals surface area contributed by atoms with Crippen molar-refractivity contribution in [3.63, 3.8) is 0 Å². The molecule has 0 bridgehead atoms. The van der Waals surface area contributed by atoms with Gasteiger partial charge >= 0.3 is 11.9 Å². The Labute approximate surface area is 837 Å². The number of aryl methyl sites for hydroxylation is 1. The van der Waals surface area contributed by atoms with Gasteiger partial charge in [0.1, 0.15) is 80.6 Å². The third-order valence-electron chi connectivity index (χ3n) is 21.3. The third-order valence-corrected chi connectivity index (χ3v) is 23.0. The van der Waals surface area contributed by atoms with Crippen LogP contribution >= 0.6 is 0 Å². The lowest BCUT2D eigenvalue weighted by molar-refractivity contribution is -0.143. The number of hydrogen-bond acceptors (Lipinski definition) is 33. The Bertz CT molecular complexity index is 3580. The van der Waals surface area contributed by atoms with Crippen LogP contribution in [0, 0.1) is 5.41 Å². The maximum absolute atomic E-state index is 12.7. The van der Waals surface area contributed by atoms with Crippen LogP contribution in [0.3, 0.4) is 0 Å². The number of carboxylic acids is 2. The number of carbonyl (C=O) groups excluding carboxylic acids is 13. The highest BCUT2D eigenvalue weighted by molar-refractivity contribution is 7.92. The number of carbonyl (C=O) groups is 15. The normalized spacial score (nSPS) is 11.7. The van der Waals surface area contributed by atoms with E-state index in [0.29, 0.717) is 97.5 Å². The van der Waals surface area contributed by atoms with Gasteiger partial charge in [0, 0.05) is 130 Å². The van der Waals surface area contributed by atoms with Crippen molar-refractivity contribution in [2.24, 2.45) is 5.41 Å². The highest BCUT2D eigenvalue weighted by Gasteiger charge is 2.26. The summed E-state index contributed by atoms with van der Waals surface area (Å²) >= 11 is 0. The highest BCUT2D eigenvalue weighted by atomic mass is 32.2. The van der Waals surface area contributed by atoms with Gasteiger partial charge in [-0.1, -0.05) is 161 Å². The average molecular weight is 2040 g/mol. The zero-order valence-electron chi connectivity index (χ0n) is 85.5. The van der Waals surface area contributed by atoms with Crippen LogP contribution in [0.25, 0.3) is 0 Å². The van der Waals surface area contributed by atoms with E-state index in [4.69, 9.17) is 56.8 Å². The molecule has 1 heterocycles. The fourth-order valence-corrected chi connectivity index (χ4v) is 14.6. The summed E-state index contributed by atoms with van der Waals surface area (Å²) < 4.78 is 89.7. The van der Waals surface area contributed by atoms with E-state index in [1.165, 1.54) is 58.3 Å². The molecule has 1 rings (SSSR count). The van der Waals surface area contributed by atoms with Gasteiger partial charge in [0.2, 0.25) is 41.4 Å². The topological polar surface area (TPSA) is 615 Å². The van der Waals surface area contributed by atoms with E-state index in [2.05, 4.69) is 64.8 Å². The van der Waals surface area contributed by atoms with Crippen LogP contribution in [0.2, 0.25) is 0 Å². The van der Waals surface area contributed by atoms with Crippen molar-refractivity contribution in [3.05, 3.63) is 5.82 Å². The first-order valence-electron chi connectivity index (χ1n) is 50.8. The number of aromatic nitrogens is 4. The number of H-pyrrole nitrogens is 1. The molecular formula is C97H178N12O31S. The lowest BCUT2D eigenvalue weighted by atomic mass is 9.88. The van der Waals surface area contributed by atoms with E-state index in [9.17, 15) is 90.5 Å². The van der Waals surface area contributed by atoms with Gasteiger partial charge in [-0.25, -0.2) is 18.0 Å². The number of ketones is 6. The van der Waals surface area contributed by atoms with Gasteiger partial charge in [0.25, 0.3) is 0 Å². The molecule has 818 valence electrons. The minimum absolute atomic E-state index is 0. The fourth-order valence-electron chi connectivity index (χ4n) is 13.3. The predicted octanol–water partition coefficient (Wildman–Crippen LogP) is 7.96. The largest absolute Gasteiger partial charge is 0.480 e. The molecule has 43 nitrogen and oxygen atoms in total. The second kappa shape index (κ2) is 95.3. The molecule has 0 aliphatic rings. The lowest BCUT2D eigenvalue weighted by Crippen LogP contribution is -2.44. The maximum atomic E-state index is 12.7. The Morgan fingerprint density at radius 2 is 0.660 bits per heavy atom. The first kappa shape index (κ1) is 135. The van der Waals surface area contributed by atoms with E-state index in [1.807, 2.05) is 20.8 Å². The van der Waals surface area contributed by atoms with Crippen molar-refractivity contribution in [1.82, 2.24) is 64.0 Å². The smallest absolute Gasteiger partial charge is 0.326 e. The standard InChI is InChI=1S/C88H157N11O29S.C9H16O2.H3N.H2/c1-2-3-25-42-90-83(107)68-125-61-55-119-49-29-34-74(101)66-123-59-53-118-48-28-33-75(102)67-124-60-56-120-50-44-91-85(109)70-127-63-58-122-52-46-93-86(110)71-128-64-57-121-51-45-92-84(108)69-126-62-54-117-47-27-32-73(100)38-39-77(87(111)112)95-82(106)41-40-78(88(113)114)94-81(105)36-24-20-16-12-9-13-17-21-26-43-89-80(104)37-30-65-129(115,116)72-76(103)31-22-18-14-10-7-5-4-6-8-11-15-19-23-35-79-96-98-99-97-79;1-7(10)5-6-8(11)9(2,3)4;;/h77-78H,2-72H2,1H3,(H,89,104)(H,90,107)(H,91,109)(H,92,108)(H,93,110)(H,94,105)(H,95,106)(H,111,112)(H,113,114)(H,96,97,98,99);5-6H2,1-4H3;1H3;1H. The summed E-state index contributed by atoms with van der Waals surface area (Å²) in [5, 5.41) is 51.8. The van der Waals surface area contributed by atoms with Gasteiger partial charge in [-0.15, -0.1) is 10.2 Å². The fraction of sp³-hybridized carbons (Fsp3) is 0.835. The Kier molecular flexibility index (Phi) is 91.1. The van der Waals surface area contributed by atoms with Gasteiger partial charge in [-0.3, -0.25) is 57.5 Å². The minimum atomic E-state index is -3.57. The van der Waals surface area contributed by atoms with E-state index in [0.717, 1.165) is 109 Å². The molecule has 0 saturated carbocycles. The van der Waals surface area contributed by atoms with Crippen molar-refractivity contribution in [2.75, 3.05) is 203 Å². The van der Waals surface area contributed by atoms with Gasteiger partial charge in [-0.05, 0) is 77.6 Å². The summed E-state index contributed by atoms with van der Waals surface area (Å²) in [6, 6.07) is -2.77. The summed E-state index contributed by atoms with van der Waals surface area (Å²) in [4.78, 5) is 180. The second-order valence-corrected chi connectivity index (χ2v) is 37.5. The molecule has 0 spiro atoms. The van der Waals surface area contributed by atoms with Gasteiger partial charge < -0.3 is 115 Å². The number of carboxylic acid groups (broad SMARTS) is 2. The molecule has 13 N–H and O–H groups in total. The van der Waals surface area contributed by atoms with Crippen molar-refractivity contribution >= 4 is 97.8 Å². The third kappa shape index (κ3) is 95.1. The molecule has 44 heteroatoms. The molecule has 0 aliphatic carbocycles. The summed E-state index contributed by atoms with van der Waals surface area (Å²) in [6.45, 7) is 14.5. The SMILES string of the molecule is CC(=O)CCC(=O)C(C)(C)C.CCCCCNC(=O)COCCOCCCC(=O)COCCOCCCC(=O)COCCOCCNC(=O)COCCOCCNC(=O)COCCOCCNC(=O)COCCOCCCC(=O)CCC(NC(=O)CCC(NC(=O)CCCCCCCCCCCNC(=O)CCCS(=O)(=O)CC(=O)CCCCCCCCCCCCCCCc1nn[nH]n1)C(=O)O)C(=O)O.N.[HH]. The number of aliphatic carboxylic acids is 2. The van der Waals surface area contributed by atoms with Crippen LogP contribution in [0.4, 0.5) is 0 Å². The maximum Gasteiger partial charge on any atom is 0.326 e. The van der Waals surface area contributed by atoms with Crippen LogP contribution < -0.4 is 43.4 Å². The number of unbranched alkanes of at least 4 members (excludes halogenated alkanes) is 22. The van der Waals surface area contributed by atoms with Crippen molar-refractivity contribution in [2.45, 2.75) is 316 Å². The lowest BCUT2D eigenvalue weighted by Gasteiger charge is -2.17. The summed E-state index contributed by atoms with van der Waals surface area (Å²) in [7, 11) is -3.57. The zero-order valence-corrected chi connectivity index (χ0v) is 86.3. The molecule has 141 heavy (non-hydrogen) atoms. The van der Waals surface area contributed by atoms with Crippen molar-refractivity contribution < 1.29 is 149 Å². The van der Waals surface area contributed by atoms with Crippen LogP contribution in [-0.2, 0) is 145 Å². The number of sulfone groups is 1. The van der Waals surface area contributed by atoms with Crippen LogP contribution in [0.5, 0.6) is 0 Å². The summed E-state index contributed by atoms with van der Waals surface area (Å²) in [5.41, 5.74) is -0.296. The zero-order chi connectivity index (χ0) is 103. The Balaban J connectivity index is -0.0000139. The second-order valence-electron chi connectivity index (χ2n) is 35.3. The number of hydrogen-bond donors (Lipinski definition) is 11. The first-order chi connectivity index (χ1) is 67.4. The number of aromatic amines is 1. The number of tetrazole rings is 1. The average Bonchev–Trinajstić information content (AvgIpc) is 1.000. The summed E-state index contributed by atoms with van der Waals surface area (Å²) in [5.74, 6) is -5.62. The van der Waals surface area contributed by atoms with Gasteiger partial charge in [-0.2, -0.15) is 5.21 Å². The van der Waals surface area contributed by atoms with Crippen LogP contribution in [-0.4, -0.2) is 342 Å². The van der Waals surface area contributed by atoms with Gasteiger partial charge in [0.15, 0.2) is 27.2 Å². The number of nitrogens with zero attached hydrogens (tertiary/aromatic N) is 3. The van der Waals surface area contributed by atoms with E-state index < -0.39 is 51.4 Å². The molecule has 0 radical (unpaired) electrons. The molecule has 0 aliphatic heterocycles. The number of rotatable bonds is 102. The van der Waals surface area contributed by atoms with Crippen LogP contribution in [0.15, 0.2) is 0 Å². The minimum Gasteiger partial charge on any atom is -0.480 e. The van der Waals surface area contributed by atoms with Crippen molar-refractivity contribution in [3.8, 4) is 0 Å². The molecule has 2 atom stereocenters. The quantitative estimate of drug-likeness (QED) is 0.0275. The van der Waals surface area contributed by atoms with Crippen LogP contribution in [0.1, 0.15) is 305 Å². The van der Waals surface area contributed by atoms with E-state index >= 15 is 0 Å². The molecule has 2 unspecified atom stereocenters. The Morgan fingerprint density at radius 3 is 1.05 bits per heavy atom. The number of amides is 7. The number of nitrogens with one attached hydrogen (secondary N) is 8. The molecular weight excluding hydrogens is 1860 g/mol. The molecule has 0 fully saturated rings. The van der Waals surface area contributed by atoms with E-state index in [1.54, 1.807) is 0 Å². The first-order valence-corrected chi connectivity index (χ1v) is 52.6. The van der Waals surface area contributed by atoms with Gasteiger partial charge in [0.05, 0.1) is 105 Å². The van der Waals surface area contributed by atoms with E-state index in [-0.39, 0.29) is 292 Å². The number of Topliss-reactive ketones (excluding diaryl/α,β-unsaturated/α-hetero) is 6. The molecule has 0 saturated heterocycles. The Morgan fingerprint density at radius 1 is 0.333 bits per heavy atom. The number of ether oxygens (including phenoxy) is 12. The highest BCUT2D eigenvalue weighted by Crippen LogP contribution is 2.19. The molecule has 1 aromatic heterocycles. The molecule has 0 aromatic carbocycles.